The molecule has 3 nitrogen and oxygen atoms in total. The molecule has 3 heteroatoms. The fourth-order valence-electron chi connectivity index (χ4n) is 2.84. The lowest BCUT2D eigenvalue weighted by atomic mass is 10.1. The average Bonchev–Trinajstić information content (AvgIpc) is 2.81. The van der Waals surface area contributed by atoms with Crippen molar-refractivity contribution in [2.45, 2.75) is 51.6 Å². The first kappa shape index (κ1) is 13.6. The molecule has 0 aromatic carbocycles. The highest BCUT2D eigenvalue weighted by atomic mass is 16.3. The molecule has 18 heavy (non-hydrogen) atoms. The number of nitrogens with one attached hydrogen (secondary N) is 1. The zero-order chi connectivity index (χ0) is 12.8. The molecule has 0 amide bonds. The van der Waals surface area contributed by atoms with Gasteiger partial charge in [-0.15, -0.1) is 0 Å². The first-order valence-corrected chi connectivity index (χ1v) is 7.31. The minimum Gasteiger partial charge on any atom is -0.468 e. The van der Waals surface area contributed by atoms with Gasteiger partial charge in [0.2, 0.25) is 0 Å². The summed E-state index contributed by atoms with van der Waals surface area (Å²) in [7, 11) is 0. The normalized spacial score (nSPS) is 23.8. The third kappa shape index (κ3) is 3.85. The number of rotatable bonds is 5. The summed E-state index contributed by atoms with van der Waals surface area (Å²) in [5.41, 5.74) is 0. The zero-order valence-corrected chi connectivity index (χ0v) is 11.7. The topological polar surface area (TPSA) is 28.4 Å². The summed E-state index contributed by atoms with van der Waals surface area (Å²) in [4.78, 5) is 2.60. The first-order valence-electron chi connectivity index (χ1n) is 7.31. The zero-order valence-electron chi connectivity index (χ0n) is 11.7. The minimum atomic E-state index is 0.322. The van der Waals surface area contributed by atoms with Crippen LogP contribution in [0.15, 0.2) is 22.8 Å². The van der Waals surface area contributed by atoms with E-state index in [-0.39, 0.29) is 0 Å². The van der Waals surface area contributed by atoms with Crippen molar-refractivity contribution in [1.29, 1.82) is 0 Å². The van der Waals surface area contributed by atoms with E-state index in [0.717, 1.165) is 5.76 Å². The van der Waals surface area contributed by atoms with Gasteiger partial charge >= 0.3 is 0 Å². The Kier molecular flexibility index (Phi) is 5.26. The van der Waals surface area contributed by atoms with Crippen molar-refractivity contribution < 1.29 is 4.42 Å². The van der Waals surface area contributed by atoms with E-state index in [0.29, 0.717) is 12.1 Å². The van der Waals surface area contributed by atoms with Gasteiger partial charge in [0.1, 0.15) is 5.76 Å². The molecule has 0 saturated carbocycles. The Morgan fingerprint density at radius 1 is 1.44 bits per heavy atom. The van der Waals surface area contributed by atoms with Gasteiger partial charge in [0.15, 0.2) is 0 Å². The van der Waals surface area contributed by atoms with Crippen molar-refractivity contribution >= 4 is 0 Å². The maximum Gasteiger partial charge on any atom is 0.120 e. The minimum absolute atomic E-state index is 0.322. The quantitative estimate of drug-likeness (QED) is 0.870. The Bertz CT molecular complexity index is 323. The van der Waals surface area contributed by atoms with Gasteiger partial charge in [-0.1, -0.05) is 6.92 Å². The predicted octanol–water partition coefficient (Wildman–Crippen LogP) is 3.19. The highest BCUT2D eigenvalue weighted by Gasteiger charge is 2.19. The van der Waals surface area contributed by atoms with E-state index in [4.69, 9.17) is 4.42 Å². The van der Waals surface area contributed by atoms with Gasteiger partial charge in [-0.2, -0.15) is 0 Å². The standard InChI is InChI=1S/C15H26N2O/c1-3-9-17-10-4-6-14(8-11-17)16-13(2)15-7-5-12-18-15/h5,7,12-14,16H,3-4,6,8-11H2,1-2H3/t13-,14?/m0/s1. The average molecular weight is 250 g/mol. The van der Waals surface area contributed by atoms with Crippen molar-refractivity contribution in [3.8, 4) is 0 Å². The molecule has 1 fully saturated rings. The lowest BCUT2D eigenvalue weighted by Gasteiger charge is -2.21. The van der Waals surface area contributed by atoms with Crippen molar-refractivity contribution in [3.63, 3.8) is 0 Å². The lowest BCUT2D eigenvalue weighted by Crippen LogP contribution is -2.33. The van der Waals surface area contributed by atoms with E-state index in [1.807, 2.05) is 6.07 Å². The molecule has 0 spiro atoms. The Morgan fingerprint density at radius 3 is 3.06 bits per heavy atom. The molecule has 102 valence electrons. The summed E-state index contributed by atoms with van der Waals surface area (Å²) in [5, 5.41) is 3.70. The van der Waals surface area contributed by atoms with Gasteiger partial charge in [0.05, 0.1) is 12.3 Å². The number of furan rings is 1. The molecule has 2 rings (SSSR count). The second-order valence-electron chi connectivity index (χ2n) is 5.37. The van der Waals surface area contributed by atoms with Crippen LogP contribution in [-0.2, 0) is 0 Å². The summed E-state index contributed by atoms with van der Waals surface area (Å²) in [6.45, 7) is 8.20. The molecular formula is C15H26N2O. The van der Waals surface area contributed by atoms with E-state index in [1.54, 1.807) is 6.26 Å². The highest BCUT2D eigenvalue weighted by molar-refractivity contribution is 5.03. The predicted molar refractivity (Wildman–Crippen MR) is 74.6 cm³/mol. The van der Waals surface area contributed by atoms with E-state index >= 15 is 0 Å². The van der Waals surface area contributed by atoms with Gasteiger partial charge in [-0.05, 0) is 64.4 Å². The molecule has 1 aliphatic rings. The van der Waals surface area contributed by atoms with Crippen molar-refractivity contribution in [1.82, 2.24) is 10.2 Å². The Balaban J connectivity index is 1.79. The van der Waals surface area contributed by atoms with Gasteiger partial charge in [0.25, 0.3) is 0 Å². The molecule has 1 saturated heterocycles. The second kappa shape index (κ2) is 6.95. The summed E-state index contributed by atoms with van der Waals surface area (Å²) in [6.07, 6.45) is 6.86. The second-order valence-corrected chi connectivity index (χ2v) is 5.37. The molecule has 0 bridgehead atoms. The lowest BCUT2D eigenvalue weighted by molar-refractivity contribution is 0.280. The largest absolute Gasteiger partial charge is 0.468 e. The van der Waals surface area contributed by atoms with Crippen molar-refractivity contribution in [2.24, 2.45) is 0 Å². The Hall–Kier alpha value is -0.800. The third-order valence-electron chi connectivity index (χ3n) is 3.82. The van der Waals surface area contributed by atoms with Crippen LogP contribution in [-0.4, -0.2) is 30.6 Å². The molecule has 1 aliphatic heterocycles. The van der Waals surface area contributed by atoms with Crippen LogP contribution in [0.5, 0.6) is 0 Å². The summed E-state index contributed by atoms with van der Waals surface area (Å²) in [6, 6.07) is 4.97. The van der Waals surface area contributed by atoms with Crippen LogP contribution in [0, 0.1) is 0 Å². The van der Waals surface area contributed by atoms with Gasteiger partial charge in [-0.3, -0.25) is 0 Å². The number of nitrogens with zero attached hydrogens (tertiary/aromatic N) is 1. The molecule has 1 aromatic rings. The van der Waals surface area contributed by atoms with Crippen LogP contribution in [0.4, 0.5) is 0 Å². The third-order valence-corrected chi connectivity index (χ3v) is 3.82. The molecule has 1 N–H and O–H groups in total. The molecule has 1 unspecified atom stereocenters. The van der Waals surface area contributed by atoms with Crippen molar-refractivity contribution in [2.75, 3.05) is 19.6 Å². The SMILES string of the molecule is CCCN1CCCC(N[C@@H](C)c2ccco2)CC1. The summed E-state index contributed by atoms with van der Waals surface area (Å²) >= 11 is 0. The summed E-state index contributed by atoms with van der Waals surface area (Å²) in [5.74, 6) is 1.05. The fourth-order valence-corrected chi connectivity index (χ4v) is 2.84. The molecular weight excluding hydrogens is 224 g/mol. The van der Waals surface area contributed by atoms with Gasteiger partial charge in [-0.25, -0.2) is 0 Å². The molecule has 2 heterocycles. The molecule has 1 aromatic heterocycles. The molecule has 2 atom stereocenters. The first-order chi connectivity index (χ1) is 8.79. The Labute approximate surface area is 111 Å². The van der Waals surface area contributed by atoms with Gasteiger partial charge in [0, 0.05) is 6.04 Å². The van der Waals surface area contributed by atoms with Crippen LogP contribution >= 0.6 is 0 Å². The van der Waals surface area contributed by atoms with Crippen molar-refractivity contribution in [3.05, 3.63) is 24.2 Å². The van der Waals surface area contributed by atoms with E-state index in [9.17, 15) is 0 Å². The van der Waals surface area contributed by atoms with Crippen LogP contribution in [0.3, 0.4) is 0 Å². The maximum atomic E-state index is 5.45. The summed E-state index contributed by atoms with van der Waals surface area (Å²) < 4.78 is 5.45. The molecule has 0 aliphatic carbocycles. The number of likely N-dealkylation sites (tertiary alicyclic amines) is 1. The van der Waals surface area contributed by atoms with Gasteiger partial charge < -0.3 is 14.6 Å². The molecule has 0 radical (unpaired) electrons. The Morgan fingerprint density at radius 2 is 2.33 bits per heavy atom. The van der Waals surface area contributed by atoms with Crippen LogP contribution < -0.4 is 5.32 Å². The van der Waals surface area contributed by atoms with E-state index in [1.165, 1.54) is 45.3 Å². The van der Waals surface area contributed by atoms with Crippen LogP contribution in [0.1, 0.15) is 51.3 Å². The van der Waals surface area contributed by atoms with Crippen LogP contribution in [0.2, 0.25) is 0 Å². The highest BCUT2D eigenvalue weighted by Crippen LogP contribution is 2.18. The van der Waals surface area contributed by atoms with Crippen LogP contribution in [0.25, 0.3) is 0 Å². The monoisotopic (exact) mass is 250 g/mol. The fraction of sp³-hybridized carbons (Fsp3) is 0.733. The smallest absolute Gasteiger partial charge is 0.120 e. The number of hydrogen-bond donors (Lipinski definition) is 1. The number of hydrogen-bond acceptors (Lipinski definition) is 3. The van der Waals surface area contributed by atoms with E-state index < -0.39 is 0 Å². The van der Waals surface area contributed by atoms with E-state index in [2.05, 4.69) is 30.1 Å². The maximum absolute atomic E-state index is 5.45.